The van der Waals surface area contributed by atoms with Crippen LogP contribution < -0.4 is 15.8 Å². The Morgan fingerprint density at radius 1 is 1.12 bits per heavy atom. The molecule has 0 aromatic heterocycles. The Morgan fingerprint density at radius 2 is 1.88 bits per heavy atom. The molecule has 0 bridgehead atoms. The minimum absolute atomic E-state index is 0.207. The third-order valence-electron chi connectivity index (χ3n) is 3.69. The maximum atomic E-state index is 11.8. The summed E-state index contributed by atoms with van der Waals surface area (Å²) in [7, 11) is -2.08. The number of benzene rings is 2. The average molecular weight is 346 g/mol. The second-order valence-corrected chi connectivity index (χ2v) is 7.37. The van der Waals surface area contributed by atoms with E-state index in [9.17, 15) is 8.42 Å². The van der Waals surface area contributed by atoms with E-state index in [0.29, 0.717) is 0 Å². The molecule has 7 heteroatoms. The zero-order chi connectivity index (χ0) is 17.7. The Hall–Kier alpha value is -2.38. The molecule has 0 atom stereocenters. The van der Waals surface area contributed by atoms with Gasteiger partial charge in [-0.25, -0.2) is 18.1 Å². The maximum absolute atomic E-state index is 11.8. The molecular formula is C17H22N4O2S. The van der Waals surface area contributed by atoms with Crippen LogP contribution in [0.5, 0.6) is 0 Å². The number of aliphatic imine (C=N–C) groups is 1. The van der Waals surface area contributed by atoms with E-state index in [0.717, 1.165) is 16.8 Å². The van der Waals surface area contributed by atoms with Crippen molar-refractivity contribution in [1.29, 1.82) is 0 Å². The molecule has 24 heavy (non-hydrogen) atoms. The van der Waals surface area contributed by atoms with E-state index in [2.05, 4.69) is 15.0 Å². The molecule has 6 nitrogen and oxygen atoms in total. The molecule has 0 saturated carbocycles. The normalized spacial score (nSPS) is 12.2. The Bertz CT molecular complexity index is 861. The van der Waals surface area contributed by atoms with Gasteiger partial charge in [0.25, 0.3) is 0 Å². The molecule has 0 saturated heterocycles. The molecule has 2 aromatic carbocycles. The van der Waals surface area contributed by atoms with Crippen LogP contribution in [0.2, 0.25) is 0 Å². The van der Waals surface area contributed by atoms with Crippen LogP contribution in [0.25, 0.3) is 0 Å². The first-order valence-electron chi connectivity index (χ1n) is 7.48. The molecule has 0 heterocycles. The Balaban J connectivity index is 2.09. The van der Waals surface area contributed by atoms with Gasteiger partial charge < -0.3 is 11.1 Å². The van der Waals surface area contributed by atoms with E-state index >= 15 is 0 Å². The van der Waals surface area contributed by atoms with Gasteiger partial charge in [0.2, 0.25) is 10.0 Å². The fourth-order valence-corrected chi connectivity index (χ4v) is 2.91. The third-order valence-corrected chi connectivity index (χ3v) is 5.10. The number of aryl methyl sites for hydroxylation is 2. The van der Waals surface area contributed by atoms with Crippen molar-refractivity contribution < 1.29 is 8.42 Å². The van der Waals surface area contributed by atoms with Crippen molar-refractivity contribution >= 4 is 21.7 Å². The molecule has 0 spiro atoms. The topological polar surface area (TPSA) is 96.6 Å². The fourth-order valence-electron chi connectivity index (χ4n) is 2.11. The Morgan fingerprint density at radius 3 is 2.54 bits per heavy atom. The van der Waals surface area contributed by atoms with Crippen LogP contribution in [0.4, 0.5) is 5.69 Å². The van der Waals surface area contributed by atoms with Gasteiger partial charge in [0.15, 0.2) is 5.96 Å². The molecule has 2 aromatic rings. The van der Waals surface area contributed by atoms with Gasteiger partial charge in [0.1, 0.15) is 0 Å². The smallest absolute Gasteiger partial charge is 0.240 e. The van der Waals surface area contributed by atoms with Crippen LogP contribution in [0.1, 0.15) is 16.7 Å². The van der Waals surface area contributed by atoms with Crippen molar-refractivity contribution in [3.63, 3.8) is 0 Å². The summed E-state index contributed by atoms with van der Waals surface area (Å²) in [5.41, 5.74) is 9.90. The first kappa shape index (κ1) is 18.0. The van der Waals surface area contributed by atoms with Crippen LogP contribution in [0.3, 0.4) is 0 Å². The zero-order valence-corrected chi connectivity index (χ0v) is 14.8. The second-order valence-electron chi connectivity index (χ2n) is 5.48. The van der Waals surface area contributed by atoms with Crippen LogP contribution in [0.15, 0.2) is 52.4 Å². The quantitative estimate of drug-likeness (QED) is 0.571. The Labute approximate surface area is 142 Å². The molecular weight excluding hydrogens is 324 g/mol. The van der Waals surface area contributed by atoms with Gasteiger partial charge in [-0.3, -0.25) is 0 Å². The van der Waals surface area contributed by atoms with Gasteiger partial charge in [-0.2, -0.15) is 0 Å². The van der Waals surface area contributed by atoms with Crippen LogP contribution >= 0.6 is 0 Å². The first-order valence-corrected chi connectivity index (χ1v) is 8.97. The lowest BCUT2D eigenvalue weighted by atomic mass is 10.1. The summed E-state index contributed by atoms with van der Waals surface area (Å²) in [4.78, 5) is 4.47. The highest BCUT2D eigenvalue weighted by Crippen LogP contribution is 2.14. The highest BCUT2D eigenvalue weighted by atomic mass is 32.2. The summed E-state index contributed by atoms with van der Waals surface area (Å²) in [6, 6.07) is 12.6. The van der Waals surface area contributed by atoms with Crippen LogP contribution in [-0.4, -0.2) is 21.4 Å². The van der Waals surface area contributed by atoms with E-state index < -0.39 is 10.0 Å². The van der Waals surface area contributed by atoms with Gasteiger partial charge in [0.05, 0.1) is 11.4 Å². The second kappa shape index (κ2) is 7.46. The summed E-state index contributed by atoms with van der Waals surface area (Å²) < 4.78 is 25.9. The van der Waals surface area contributed by atoms with Crippen molar-refractivity contribution in [2.45, 2.75) is 25.3 Å². The van der Waals surface area contributed by atoms with E-state index in [1.54, 1.807) is 12.1 Å². The molecule has 0 aliphatic rings. The SMILES string of the molecule is CNS(=O)(=O)c1cccc(CN=C(N)Nc2ccc(C)c(C)c2)c1. The van der Waals surface area contributed by atoms with Crippen molar-refractivity contribution in [2.24, 2.45) is 10.7 Å². The van der Waals surface area contributed by atoms with Gasteiger partial charge in [0, 0.05) is 5.69 Å². The maximum Gasteiger partial charge on any atom is 0.240 e. The van der Waals surface area contributed by atoms with E-state index in [4.69, 9.17) is 5.73 Å². The lowest BCUT2D eigenvalue weighted by molar-refractivity contribution is 0.588. The molecule has 128 valence electrons. The standard InChI is InChI=1S/C17H22N4O2S/c1-12-7-8-15(9-13(12)2)21-17(18)20-11-14-5-4-6-16(10-14)24(22,23)19-3/h4-10,19H,11H2,1-3H3,(H3,18,20,21). The van der Waals surface area contributed by atoms with Gasteiger partial charge in [-0.05, 0) is 61.9 Å². The van der Waals surface area contributed by atoms with E-state index in [1.165, 1.54) is 18.7 Å². The summed E-state index contributed by atoms with van der Waals surface area (Å²) in [6.07, 6.45) is 0. The molecule has 0 aliphatic carbocycles. The highest BCUT2D eigenvalue weighted by molar-refractivity contribution is 7.89. The number of nitrogens with zero attached hydrogens (tertiary/aromatic N) is 1. The van der Waals surface area contributed by atoms with Crippen molar-refractivity contribution in [3.05, 3.63) is 59.2 Å². The number of sulfonamides is 1. The number of guanidine groups is 1. The number of nitrogens with two attached hydrogens (primary N) is 1. The predicted molar refractivity (Wildman–Crippen MR) is 97.6 cm³/mol. The van der Waals surface area contributed by atoms with Crippen molar-refractivity contribution in [1.82, 2.24) is 4.72 Å². The van der Waals surface area contributed by atoms with Gasteiger partial charge >= 0.3 is 0 Å². The largest absolute Gasteiger partial charge is 0.370 e. The number of anilines is 1. The van der Waals surface area contributed by atoms with Gasteiger partial charge in [-0.1, -0.05) is 18.2 Å². The zero-order valence-electron chi connectivity index (χ0n) is 14.0. The van der Waals surface area contributed by atoms with Gasteiger partial charge in [-0.15, -0.1) is 0 Å². The third kappa shape index (κ3) is 4.56. The summed E-state index contributed by atoms with van der Waals surface area (Å²) in [5, 5.41) is 3.03. The number of hydrogen-bond acceptors (Lipinski definition) is 3. The van der Waals surface area contributed by atoms with Crippen molar-refractivity contribution in [3.8, 4) is 0 Å². The number of nitrogens with one attached hydrogen (secondary N) is 2. The Kier molecular flexibility index (Phi) is 5.58. The summed E-state index contributed by atoms with van der Waals surface area (Å²) >= 11 is 0. The highest BCUT2D eigenvalue weighted by Gasteiger charge is 2.11. The first-order chi connectivity index (χ1) is 11.3. The molecule has 0 fully saturated rings. The predicted octanol–water partition coefficient (Wildman–Crippen LogP) is 2.14. The molecule has 0 amide bonds. The minimum Gasteiger partial charge on any atom is -0.370 e. The summed E-state index contributed by atoms with van der Waals surface area (Å²) in [6.45, 7) is 4.36. The molecule has 4 N–H and O–H groups in total. The monoisotopic (exact) mass is 346 g/mol. The fraction of sp³-hybridized carbons (Fsp3) is 0.235. The van der Waals surface area contributed by atoms with Crippen molar-refractivity contribution in [2.75, 3.05) is 12.4 Å². The van der Waals surface area contributed by atoms with Crippen LogP contribution in [0, 0.1) is 13.8 Å². The lowest BCUT2D eigenvalue weighted by Gasteiger charge is -2.08. The minimum atomic E-state index is -3.46. The molecule has 0 aliphatic heterocycles. The average Bonchev–Trinajstić information content (AvgIpc) is 2.56. The molecule has 0 radical (unpaired) electrons. The van der Waals surface area contributed by atoms with Crippen LogP contribution in [-0.2, 0) is 16.6 Å². The number of hydrogen-bond donors (Lipinski definition) is 3. The summed E-state index contributed by atoms with van der Waals surface area (Å²) in [5.74, 6) is 0.278. The van der Waals surface area contributed by atoms with E-state index in [-0.39, 0.29) is 17.4 Å². The number of rotatable bonds is 5. The molecule has 2 rings (SSSR count). The van der Waals surface area contributed by atoms with E-state index in [1.807, 2.05) is 38.1 Å². The molecule has 0 unspecified atom stereocenters. The lowest BCUT2D eigenvalue weighted by Crippen LogP contribution is -2.22.